The van der Waals surface area contributed by atoms with E-state index in [0.717, 1.165) is 22.1 Å². The fourth-order valence-corrected chi connectivity index (χ4v) is 3.70. The van der Waals surface area contributed by atoms with Gasteiger partial charge in [0.15, 0.2) is 5.58 Å². The summed E-state index contributed by atoms with van der Waals surface area (Å²) >= 11 is 3.39. The lowest BCUT2D eigenvalue weighted by atomic mass is 9.97. The van der Waals surface area contributed by atoms with Crippen molar-refractivity contribution in [1.29, 1.82) is 0 Å². The number of hydrogen-bond acceptors (Lipinski definition) is 5. The van der Waals surface area contributed by atoms with Crippen LogP contribution in [-0.2, 0) is 6.61 Å². The first-order valence-corrected chi connectivity index (χ1v) is 8.44. The summed E-state index contributed by atoms with van der Waals surface area (Å²) in [5.74, 6) is 0.624. The van der Waals surface area contributed by atoms with E-state index >= 15 is 0 Å². The molecule has 0 atom stereocenters. The third-order valence-electron chi connectivity index (χ3n) is 4.31. The molecule has 25 heavy (non-hydrogen) atoms. The van der Waals surface area contributed by atoms with Gasteiger partial charge in [0.1, 0.15) is 28.8 Å². The maximum atomic E-state index is 12.5. The second-order valence-corrected chi connectivity index (χ2v) is 6.53. The summed E-state index contributed by atoms with van der Waals surface area (Å²) < 4.78 is 16.8. The number of aromatic nitrogens is 1. The van der Waals surface area contributed by atoms with Crippen LogP contribution in [-0.4, -0.2) is 5.16 Å². The Morgan fingerprint density at radius 1 is 1.04 bits per heavy atom. The number of halogens is 1. The van der Waals surface area contributed by atoms with Crippen LogP contribution in [0.3, 0.4) is 0 Å². The first-order chi connectivity index (χ1) is 12.2. The molecule has 0 N–H and O–H groups in total. The van der Waals surface area contributed by atoms with Crippen LogP contribution >= 0.6 is 15.9 Å². The fourth-order valence-electron chi connectivity index (χ4n) is 3.18. The molecule has 0 aliphatic carbocycles. The van der Waals surface area contributed by atoms with Crippen LogP contribution in [0.5, 0.6) is 5.75 Å². The van der Waals surface area contributed by atoms with Gasteiger partial charge in [0.25, 0.3) is 0 Å². The third-order valence-corrected chi connectivity index (χ3v) is 5.03. The lowest BCUT2D eigenvalue weighted by Crippen LogP contribution is -2.07. The lowest BCUT2D eigenvalue weighted by molar-refractivity contribution is 0.301. The summed E-state index contributed by atoms with van der Waals surface area (Å²) in [5.41, 5.74) is 3.82. The zero-order chi connectivity index (χ0) is 17.0. The maximum Gasteiger partial charge on any atom is 0.351 e. The largest absolute Gasteiger partial charge is 0.488 e. The molecule has 3 heterocycles. The Morgan fingerprint density at radius 3 is 2.72 bits per heavy atom. The van der Waals surface area contributed by atoms with Crippen molar-refractivity contribution in [3.63, 3.8) is 0 Å². The Kier molecular flexibility index (Phi) is 3.08. The highest BCUT2D eigenvalue weighted by Gasteiger charge is 2.27. The van der Waals surface area contributed by atoms with Crippen LogP contribution in [0.25, 0.3) is 33.4 Å². The Hall–Kier alpha value is -2.86. The number of hydrogen-bond donors (Lipinski definition) is 0. The molecule has 5 nitrogen and oxygen atoms in total. The summed E-state index contributed by atoms with van der Waals surface area (Å²) in [6, 6.07) is 13.5. The predicted octanol–water partition coefficient (Wildman–Crippen LogP) is 4.77. The van der Waals surface area contributed by atoms with Crippen molar-refractivity contribution in [2.45, 2.75) is 6.61 Å². The van der Waals surface area contributed by atoms with Crippen LogP contribution < -0.4 is 10.4 Å². The zero-order valence-corrected chi connectivity index (χ0v) is 14.4. The molecule has 0 saturated carbocycles. The van der Waals surface area contributed by atoms with Crippen molar-refractivity contribution >= 4 is 26.9 Å². The van der Waals surface area contributed by atoms with Gasteiger partial charge in [0, 0.05) is 10.9 Å². The van der Waals surface area contributed by atoms with Crippen LogP contribution in [0.4, 0.5) is 0 Å². The smallest absolute Gasteiger partial charge is 0.351 e. The molecule has 4 aromatic rings. The third kappa shape index (κ3) is 2.07. The normalized spacial score (nSPS) is 12.5. The standard InChI is InChI=1S/C19H10BrNO4/c20-16-14(10-4-2-1-3-5-10)12-6-7-13-15(18(12)25-19(16)22)17-11(8-23-13)9-24-21-17/h1-7,9H,8H2. The average molecular weight is 396 g/mol. The summed E-state index contributed by atoms with van der Waals surface area (Å²) in [6.07, 6.45) is 1.55. The minimum Gasteiger partial charge on any atom is -0.488 e. The van der Waals surface area contributed by atoms with Gasteiger partial charge < -0.3 is 13.7 Å². The topological polar surface area (TPSA) is 65.5 Å². The van der Waals surface area contributed by atoms with Gasteiger partial charge in [-0.1, -0.05) is 35.5 Å². The highest BCUT2D eigenvalue weighted by atomic mass is 79.9. The van der Waals surface area contributed by atoms with E-state index in [1.165, 1.54) is 0 Å². The molecule has 5 rings (SSSR count). The second kappa shape index (κ2) is 5.32. The van der Waals surface area contributed by atoms with Crippen molar-refractivity contribution in [2.24, 2.45) is 0 Å². The minimum absolute atomic E-state index is 0.379. The average Bonchev–Trinajstić information content (AvgIpc) is 3.12. The zero-order valence-electron chi connectivity index (χ0n) is 12.8. The monoisotopic (exact) mass is 395 g/mol. The second-order valence-electron chi connectivity index (χ2n) is 5.74. The van der Waals surface area contributed by atoms with Gasteiger partial charge in [-0.25, -0.2) is 4.79 Å². The van der Waals surface area contributed by atoms with E-state index in [1.807, 2.05) is 42.5 Å². The number of nitrogens with zero attached hydrogens (tertiary/aromatic N) is 1. The SMILES string of the molecule is O=c1oc2c3c(ccc2c(-c2ccccc2)c1Br)OCc1conc1-3. The number of benzene rings is 2. The first kappa shape index (κ1) is 14.5. The van der Waals surface area contributed by atoms with Gasteiger partial charge in [-0.2, -0.15) is 0 Å². The van der Waals surface area contributed by atoms with E-state index in [-0.39, 0.29) is 0 Å². The van der Waals surface area contributed by atoms with Gasteiger partial charge >= 0.3 is 5.63 Å². The number of rotatable bonds is 1. The molecule has 6 heteroatoms. The van der Waals surface area contributed by atoms with E-state index < -0.39 is 5.63 Å². The van der Waals surface area contributed by atoms with Crippen molar-refractivity contribution in [3.8, 4) is 28.1 Å². The highest BCUT2D eigenvalue weighted by molar-refractivity contribution is 9.10. The lowest BCUT2D eigenvalue weighted by Gasteiger charge is -2.18. The van der Waals surface area contributed by atoms with Gasteiger partial charge in [-0.3, -0.25) is 0 Å². The minimum atomic E-state index is -0.449. The molecule has 2 aromatic carbocycles. The summed E-state index contributed by atoms with van der Waals surface area (Å²) in [4.78, 5) is 12.5. The molecule has 0 amide bonds. The summed E-state index contributed by atoms with van der Waals surface area (Å²) in [6.45, 7) is 0.379. The molecule has 1 aliphatic rings. The Morgan fingerprint density at radius 2 is 1.88 bits per heavy atom. The van der Waals surface area contributed by atoms with E-state index in [1.54, 1.807) is 6.26 Å². The van der Waals surface area contributed by atoms with Crippen LogP contribution in [0.1, 0.15) is 5.56 Å². The Labute approximate surface area is 149 Å². The Bertz CT molecular complexity index is 1180. The van der Waals surface area contributed by atoms with Crippen molar-refractivity contribution in [2.75, 3.05) is 0 Å². The Balaban J connectivity index is 1.94. The summed E-state index contributed by atoms with van der Waals surface area (Å²) in [5, 5.41) is 4.88. The summed E-state index contributed by atoms with van der Waals surface area (Å²) in [7, 11) is 0. The molecule has 2 aromatic heterocycles. The molecule has 0 unspecified atom stereocenters. The van der Waals surface area contributed by atoms with Gasteiger partial charge in [0.05, 0.1) is 11.1 Å². The molecule has 0 radical (unpaired) electrons. The van der Waals surface area contributed by atoms with E-state index in [2.05, 4.69) is 21.1 Å². The molecule has 1 aliphatic heterocycles. The van der Waals surface area contributed by atoms with E-state index in [0.29, 0.717) is 33.7 Å². The number of fused-ring (bicyclic) bond motifs is 5. The van der Waals surface area contributed by atoms with Gasteiger partial charge in [0.2, 0.25) is 0 Å². The maximum absolute atomic E-state index is 12.5. The molecule has 0 fully saturated rings. The molecular weight excluding hydrogens is 386 g/mol. The van der Waals surface area contributed by atoms with E-state index in [9.17, 15) is 4.79 Å². The quantitative estimate of drug-likeness (QED) is 0.434. The van der Waals surface area contributed by atoms with Crippen molar-refractivity contribution < 1.29 is 13.7 Å². The van der Waals surface area contributed by atoms with Crippen LogP contribution in [0.2, 0.25) is 0 Å². The number of ether oxygens (including phenoxy) is 1. The van der Waals surface area contributed by atoms with E-state index in [4.69, 9.17) is 13.7 Å². The molecular formula is C19H10BrNO4. The van der Waals surface area contributed by atoms with Crippen LogP contribution in [0.15, 0.2) is 66.9 Å². The van der Waals surface area contributed by atoms with Crippen LogP contribution in [0, 0.1) is 0 Å². The molecule has 0 bridgehead atoms. The molecule has 122 valence electrons. The molecule has 0 saturated heterocycles. The van der Waals surface area contributed by atoms with Crippen molar-refractivity contribution in [3.05, 3.63) is 69.2 Å². The van der Waals surface area contributed by atoms with Gasteiger partial charge in [-0.05, 0) is 33.6 Å². The molecule has 0 spiro atoms. The first-order valence-electron chi connectivity index (χ1n) is 7.65. The fraction of sp³-hybridized carbons (Fsp3) is 0.0526. The highest BCUT2D eigenvalue weighted by Crippen LogP contribution is 2.44. The van der Waals surface area contributed by atoms with Gasteiger partial charge in [-0.15, -0.1) is 0 Å². The van der Waals surface area contributed by atoms with Crippen molar-refractivity contribution in [1.82, 2.24) is 5.16 Å². The predicted molar refractivity (Wildman–Crippen MR) is 95.4 cm³/mol.